The summed E-state index contributed by atoms with van der Waals surface area (Å²) in [5.74, 6) is -1.71. The molecule has 146 valence electrons. The quantitative estimate of drug-likeness (QED) is 0.806. The van der Waals surface area contributed by atoms with Crippen LogP contribution in [0.2, 0.25) is 0 Å². The molecule has 2 atom stereocenters. The molecule has 1 heterocycles. The number of nitrogens with zero attached hydrogens (tertiary/aromatic N) is 1. The summed E-state index contributed by atoms with van der Waals surface area (Å²) in [6.45, 7) is 2.37. The Labute approximate surface area is 164 Å². The molecular weight excluding hydrogens is 356 g/mol. The van der Waals surface area contributed by atoms with Crippen LogP contribution in [0.5, 0.6) is 0 Å². The van der Waals surface area contributed by atoms with Crippen LogP contribution in [-0.2, 0) is 16.0 Å². The Balaban J connectivity index is 1.82. The molecule has 2 aromatic carbocycles. The number of carbonyl (C=O) groups is 3. The number of nitrogens with one attached hydrogen (secondary N) is 1. The Kier molecular flexibility index (Phi) is 6.09. The van der Waals surface area contributed by atoms with Crippen LogP contribution < -0.4 is 5.32 Å². The number of carboxylic acids is 1. The van der Waals surface area contributed by atoms with Gasteiger partial charge in [-0.25, -0.2) is 4.79 Å². The van der Waals surface area contributed by atoms with Crippen molar-refractivity contribution >= 4 is 17.8 Å². The normalized spacial score (nSPS) is 17.2. The van der Waals surface area contributed by atoms with Crippen molar-refractivity contribution < 1.29 is 19.5 Å². The molecule has 6 heteroatoms. The van der Waals surface area contributed by atoms with Gasteiger partial charge in [0.15, 0.2) is 0 Å². The van der Waals surface area contributed by atoms with Crippen LogP contribution >= 0.6 is 0 Å². The summed E-state index contributed by atoms with van der Waals surface area (Å²) in [5, 5.41) is 12.2. The summed E-state index contributed by atoms with van der Waals surface area (Å²) in [7, 11) is 0. The summed E-state index contributed by atoms with van der Waals surface area (Å²) in [4.78, 5) is 38.7. The van der Waals surface area contributed by atoms with Crippen molar-refractivity contribution in [3.63, 3.8) is 0 Å². The van der Waals surface area contributed by atoms with E-state index < -0.39 is 18.1 Å². The van der Waals surface area contributed by atoms with Gasteiger partial charge in [0.2, 0.25) is 5.91 Å². The van der Waals surface area contributed by atoms with Gasteiger partial charge in [0.05, 0.1) is 0 Å². The summed E-state index contributed by atoms with van der Waals surface area (Å²) in [6.07, 6.45) is 1.39. The maximum atomic E-state index is 13.1. The molecule has 2 aromatic rings. The Morgan fingerprint density at radius 1 is 1.11 bits per heavy atom. The van der Waals surface area contributed by atoms with Crippen molar-refractivity contribution in [2.24, 2.45) is 0 Å². The van der Waals surface area contributed by atoms with Gasteiger partial charge in [-0.2, -0.15) is 0 Å². The molecular formula is C22H24N2O4. The van der Waals surface area contributed by atoms with Gasteiger partial charge in [-0.1, -0.05) is 48.0 Å². The van der Waals surface area contributed by atoms with Gasteiger partial charge in [-0.3, -0.25) is 9.59 Å². The highest BCUT2D eigenvalue weighted by molar-refractivity contribution is 5.98. The molecule has 0 saturated carbocycles. The highest BCUT2D eigenvalue weighted by Gasteiger charge is 2.37. The minimum atomic E-state index is -1.01. The molecule has 3 rings (SSSR count). The standard InChI is InChI=1S/C22H24N2O4/c1-15-9-11-16(12-10-15)14-18(23-20(25)17-6-3-2-4-7-17)21(26)24-13-5-8-19(24)22(27)28/h2-4,6-7,9-12,18-19H,5,8,13-14H2,1H3,(H,23,25)(H,27,28)/t18-,19-/m0/s1. The van der Waals surface area contributed by atoms with Crippen molar-refractivity contribution in [1.29, 1.82) is 0 Å². The molecule has 0 radical (unpaired) electrons. The maximum Gasteiger partial charge on any atom is 0.326 e. The Morgan fingerprint density at radius 2 is 1.79 bits per heavy atom. The van der Waals surface area contributed by atoms with Gasteiger partial charge < -0.3 is 15.3 Å². The number of benzene rings is 2. The summed E-state index contributed by atoms with van der Waals surface area (Å²) in [6, 6.07) is 14.8. The molecule has 2 amide bonds. The molecule has 1 aliphatic rings. The van der Waals surface area contributed by atoms with Crippen LogP contribution in [0, 0.1) is 6.92 Å². The highest BCUT2D eigenvalue weighted by Crippen LogP contribution is 2.20. The van der Waals surface area contributed by atoms with Crippen molar-refractivity contribution in [2.75, 3.05) is 6.54 Å². The average Bonchev–Trinajstić information content (AvgIpc) is 3.19. The first kappa shape index (κ1) is 19.6. The van der Waals surface area contributed by atoms with E-state index in [9.17, 15) is 19.5 Å². The van der Waals surface area contributed by atoms with Crippen molar-refractivity contribution in [3.05, 3.63) is 71.3 Å². The lowest BCUT2D eigenvalue weighted by Gasteiger charge is -2.27. The lowest BCUT2D eigenvalue weighted by Crippen LogP contribution is -2.52. The Hall–Kier alpha value is -3.15. The molecule has 0 bridgehead atoms. The second-order valence-electron chi connectivity index (χ2n) is 7.11. The van der Waals surface area contributed by atoms with E-state index in [0.29, 0.717) is 31.4 Å². The van der Waals surface area contributed by atoms with Crippen LogP contribution in [0.4, 0.5) is 0 Å². The second kappa shape index (κ2) is 8.69. The fourth-order valence-electron chi connectivity index (χ4n) is 3.48. The number of rotatable bonds is 6. The lowest BCUT2D eigenvalue weighted by molar-refractivity contribution is -0.148. The van der Waals surface area contributed by atoms with Gasteiger partial charge in [0.25, 0.3) is 5.91 Å². The molecule has 1 aliphatic heterocycles. The van der Waals surface area contributed by atoms with Gasteiger partial charge >= 0.3 is 5.97 Å². The van der Waals surface area contributed by atoms with Crippen LogP contribution in [0.1, 0.15) is 34.3 Å². The number of hydrogen-bond donors (Lipinski definition) is 2. The predicted octanol–water partition coefficient (Wildman–Crippen LogP) is 2.41. The van der Waals surface area contributed by atoms with E-state index >= 15 is 0 Å². The van der Waals surface area contributed by atoms with E-state index in [1.807, 2.05) is 37.3 Å². The lowest BCUT2D eigenvalue weighted by atomic mass is 10.0. The Morgan fingerprint density at radius 3 is 2.43 bits per heavy atom. The smallest absolute Gasteiger partial charge is 0.326 e. The van der Waals surface area contributed by atoms with E-state index in [1.54, 1.807) is 24.3 Å². The van der Waals surface area contributed by atoms with E-state index in [2.05, 4.69) is 5.32 Å². The second-order valence-corrected chi connectivity index (χ2v) is 7.11. The third-order valence-corrected chi connectivity index (χ3v) is 5.02. The fraction of sp³-hybridized carbons (Fsp3) is 0.318. The van der Waals surface area contributed by atoms with E-state index in [-0.39, 0.29) is 11.8 Å². The molecule has 0 unspecified atom stereocenters. The molecule has 0 aliphatic carbocycles. The summed E-state index contributed by atoms with van der Waals surface area (Å²) >= 11 is 0. The number of hydrogen-bond acceptors (Lipinski definition) is 3. The van der Waals surface area contributed by atoms with E-state index in [1.165, 1.54) is 4.90 Å². The first-order chi connectivity index (χ1) is 13.5. The van der Waals surface area contributed by atoms with Gasteiger partial charge in [0.1, 0.15) is 12.1 Å². The topological polar surface area (TPSA) is 86.7 Å². The molecule has 0 aromatic heterocycles. The zero-order valence-corrected chi connectivity index (χ0v) is 15.8. The molecule has 1 fully saturated rings. The van der Waals surface area contributed by atoms with E-state index in [0.717, 1.165) is 11.1 Å². The fourth-order valence-corrected chi connectivity index (χ4v) is 3.48. The van der Waals surface area contributed by atoms with Crippen LogP contribution in [0.3, 0.4) is 0 Å². The third-order valence-electron chi connectivity index (χ3n) is 5.02. The monoisotopic (exact) mass is 380 g/mol. The number of aliphatic carboxylic acids is 1. The summed E-state index contributed by atoms with van der Waals surface area (Å²) in [5.41, 5.74) is 2.47. The first-order valence-corrected chi connectivity index (χ1v) is 9.40. The largest absolute Gasteiger partial charge is 0.480 e. The highest BCUT2D eigenvalue weighted by atomic mass is 16.4. The average molecular weight is 380 g/mol. The van der Waals surface area contributed by atoms with Gasteiger partial charge in [0, 0.05) is 18.5 Å². The summed E-state index contributed by atoms with van der Waals surface area (Å²) < 4.78 is 0. The zero-order valence-electron chi connectivity index (χ0n) is 15.8. The number of carboxylic acid groups (broad SMARTS) is 1. The van der Waals surface area contributed by atoms with E-state index in [4.69, 9.17) is 0 Å². The van der Waals surface area contributed by atoms with Crippen LogP contribution in [0.15, 0.2) is 54.6 Å². The SMILES string of the molecule is Cc1ccc(C[C@H](NC(=O)c2ccccc2)C(=O)N2CCC[C@H]2C(=O)O)cc1. The number of amides is 2. The maximum absolute atomic E-state index is 13.1. The zero-order chi connectivity index (χ0) is 20.1. The number of likely N-dealkylation sites (tertiary alicyclic amines) is 1. The van der Waals surface area contributed by atoms with Crippen molar-refractivity contribution in [2.45, 2.75) is 38.3 Å². The Bertz CT molecular complexity index is 849. The molecule has 6 nitrogen and oxygen atoms in total. The third kappa shape index (κ3) is 4.57. The number of carbonyl (C=O) groups excluding carboxylic acids is 2. The van der Waals surface area contributed by atoms with Crippen molar-refractivity contribution in [1.82, 2.24) is 10.2 Å². The minimum absolute atomic E-state index is 0.306. The molecule has 1 saturated heterocycles. The predicted molar refractivity (Wildman–Crippen MR) is 105 cm³/mol. The molecule has 0 spiro atoms. The van der Waals surface area contributed by atoms with Gasteiger partial charge in [-0.05, 0) is 37.5 Å². The van der Waals surface area contributed by atoms with Crippen LogP contribution in [-0.4, -0.2) is 46.4 Å². The minimum Gasteiger partial charge on any atom is -0.480 e. The van der Waals surface area contributed by atoms with Crippen molar-refractivity contribution in [3.8, 4) is 0 Å². The van der Waals surface area contributed by atoms with Gasteiger partial charge in [-0.15, -0.1) is 0 Å². The first-order valence-electron chi connectivity index (χ1n) is 9.40. The molecule has 2 N–H and O–H groups in total. The van der Waals surface area contributed by atoms with Crippen LogP contribution in [0.25, 0.3) is 0 Å². The number of aryl methyl sites for hydroxylation is 1. The molecule has 28 heavy (non-hydrogen) atoms.